The van der Waals surface area contributed by atoms with E-state index in [1.807, 2.05) is 27.7 Å². The Hall–Kier alpha value is -2.08. The molecule has 23 heavy (non-hydrogen) atoms. The molecule has 6 heteroatoms. The summed E-state index contributed by atoms with van der Waals surface area (Å²) >= 11 is 0. The lowest BCUT2D eigenvalue weighted by molar-refractivity contribution is -0.118. The summed E-state index contributed by atoms with van der Waals surface area (Å²) in [4.78, 5) is 23.7. The van der Waals surface area contributed by atoms with E-state index < -0.39 is 0 Å². The molecule has 0 spiro atoms. The summed E-state index contributed by atoms with van der Waals surface area (Å²) in [6, 6.07) is 6.29. The highest BCUT2D eigenvalue weighted by molar-refractivity contribution is 5.94. The van der Waals surface area contributed by atoms with E-state index in [-0.39, 0.29) is 30.5 Å². The number of anilines is 2. The summed E-state index contributed by atoms with van der Waals surface area (Å²) in [7, 11) is 0. The number of amides is 3. The fourth-order valence-corrected chi connectivity index (χ4v) is 2.06. The average molecular weight is 321 g/mol. The monoisotopic (exact) mass is 321 g/mol. The highest BCUT2D eigenvalue weighted by Crippen LogP contribution is 2.16. The summed E-state index contributed by atoms with van der Waals surface area (Å²) in [5.74, 6) is 0.183. The van der Waals surface area contributed by atoms with Crippen LogP contribution in [0.4, 0.5) is 16.2 Å². The van der Waals surface area contributed by atoms with Crippen molar-refractivity contribution < 1.29 is 14.7 Å². The van der Waals surface area contributed by atoms with Crippen LogP contribution in [-0.4, -0.2) is 29.7 Å². The van der Waals surface area contributed by atoms with Crippen molar-refractivity contribution in [2.24, 2.45) is 11.8 Å². The molecule has 0 heterocycles. The zero-order chi connectivity index (χ0) is 17.4. The van der Waals surface area contributed by atoms with E-state index in [1.54, 1.807) is 24.3 Å². The first-order chi connectivity index (χ1) is 10.8. The number of benzene rings is 1. The van der Waals surface area contributed by atoms with Crippen molar-refractivity contribution in [1.29, 1.82) is 0 Å². The van der Waals surface area contributed by atoms with Gasteiger partial charge in [-0.1, -0.05) is 33.8 Å². The molecule has 1 atom stereocenters. The van der Waals surface area contributed by atoms with Gasteiger partial charge in [0.1, 0.15) is 0 Å². The van der Waals surface area contributed by atoms with Crippen molar-refractivity contribution in [3.05, 3.63) is 24.3 Å². The Labute approximate surface area is 137 Å². The van der Waals surface area contributed by atoms with E-state index in [1.165, 1.54) is 0 Å². The molecule has 0 aliphatic rings. The molecular weight excluding hydrogens is 294 g/mol. The lowest BCUT2D eigenvalue weighted by Gasteiger charge is -2.18. The maximum Gasteiger partial charge on any atom is 0.319 e. The molecule has 128 valence electrons. The minimum Gasteiger partial charge on any atom is -0.394 e. The third-order valence-electron chi connectivity index (χ3n) is 3.22. The van der Waals surface area contributed by atoms with Crippen molar-refractivity contribution in [2.45, 2.75) is 40.2 Å². The number of hydrogen-bond acceptors (Lipinski definition) is 3. The Bertz CT molecular complexity index is 530. The summed E-state index contributed by atoms with van der Waals surface area (Å²) in [6.07, 6.45) is 0.703. The number of aliphatic hydroxyl groups is 1. The minimum absolute atomic E-state index is 0.0797. The van der Waals surface area contributed by atoms with Gasteiger partial charge in [-0.15, -0.1) is 0 Å². The van der Waals surface area contributed by atoms with Crippen molar-refractivity contribution in [3.63, 3.8) is 0 Å². The Morgan fingerprint density at radius 3 is 2.22 bits per heavy atom. The molecular formula is C17H27N3O3. The number of aliphatic hydroxyl groups excluding tert-OH is 1. The molecule has 1 rings (SSSR count). The molecule has 0 bridgehead atoms. The largest absolute Gasteiger partial charge is 0.394 e. The summed E-state index contributed by atoms with van der Waals surface area (Å²) in [5, 5.41) is 17.5. The molecule has 0 aromatic heterocycles. The van der Waals surface area contributed by atoms with Crippen molar-refractivity contribution in [1.82, 2.24) is 5.32 Å². The van der Waals surface area contributed by atoms with Crippen LogP contribution < -0.4 is 16.0 Å². The van der Waals surface area contributed by atoms with Gasteiger partial charge in [0.2, 0.25) is 5.91 Å². The average Bonchev–Trinajstić information content (AvgIpc) is 2.46. The fraction of sp³-hybridized carbons (Fsp3) is 0.529. The van der Waals surface area contributed by atoms with Gasteiger partial charge in [0.25, 0.3) is 0 Å². The Morgan fingerprint density at radius 1 is 1.09 bits per heavy atom. The second-order valence-corrected chi connectivity index (χ2v) is 6.33. The van der Waals surface area contributed by atoms with Crippen molar-refractivity contribution in [3.8, 4) is 0 Å². The first-order valence-electron chi connectivity index (χ1n) is 7.91. The third-order valence-corrected chi connectivity index (χ3v) is 3.22. The molecule has 0 unspecified atom stereocenters. The Balaban J connectivity index is 2.62. The number of carbonyl (C=O) groups excluding carboxylic acids is 2. The highest BCUT2D eigenvalue weighted by Gasteiger charge is 2.13. The maximum absolute atomic E-state index is 12.0. The van der Waals surface area contributed by atoms with Crippen molar-refractivity contribution in [2.75, 3.05) is 17.2 Å². The van der Waals surface area contributed by atoms with E-state index in [4.69, 9.17) is 0 Å². The van der Waals surface area contributed by atoms with E-state index >= 15 is 0 Å². The van der Waals surface area contributed by atoms with E-state index in [0.29, 0.717) is 23.7 Å². The number of nitrogens with one attached hydrogen (secondary N) is 3. The van der Waals surface area contributed by atoms with Gasteiger partial charge in [-0.2, -0.15) is 0 Å². The molecule has 0 fully saturated rings. The molecule has 1 aromatic rings. The first kappa shape index (κ1) is 19.0. The minimum atomic E-state index is -0.378. The van der Waals surface area contributed by atoms with Gasteiger partial charge in [-0.05, 0) is 30.5 Å². The lowest BCUT2D eigenvalue weighted by Crippen LogP contribution is -2.40. The van der Waals surface area contributed by atoms with Gasteiger partial charge in [0, 0.05) is 17.3 Å². The first-order valence-corrected chi connectivity index (χ1v) is 7.91. The normalized spacial score (nSPS) is 12.1. The van der Waals surface area contributed by atoms with Crippen LogP contribution in [-0.2, 0) is 4.79 Å². The van der Waals surface area contributed by atoms with Gasteiger partial charge in [-0.25, -0.2) is 4.79 Å². The summed E-state index contributed by atoms with van der Waals surface area (Å²) < 4.78 is 0. The van der Waals surface area contributed by atoms with Crippen LogP contribution in [0.15, 0.2) is 24.3 Å². The van der Waals surface area contributed by atoms with Gasteiger partial charge in [0.15, 0.2) is 0 Å². The highest BCUT2D eigenvalue weighted by atomic mass is 16.3. The molecule has 3 amide bonds. The van der Waals surface area contributed by atoms with Crippen LogP contribution in [0.5, 0.6) is 0 Å². The maximum atomic E-state index is 12.0. The number of rotatable bonds is 7. The van der Waals surface area contributed by atoms with Crippen molar-refractivity contribution >= 4 is 23.3 Å². The molecule has 0 saturated heterocycles. The SMILES string of the molecule is CC(C)C[C@H](CO)NC(=O)Nc1cccc(NC(=O)C(C)C)c1. The summed E-state index contributed by atoms with van der Waals surface area (Å²) in [5.41, 5.74) is 1.20. The van der Waals surface area contributed by atoms with Gasteiger partial charge in [-0.3, -0.25) is 4.79 Å². The standard InChI is InChI=1S/C17H27N3O3/c1-11(2)8-15(10-21)20-17(23)19-14-7-5-6-13(9-14)18-16(22)12(3)4/h5-7,9,11-12,15,21H,8,10H2,1-4H3,(H,18,22)(H2,19,20,23)/t15-/m1/s1. The quantitative estimate of drug-likeness (QED) is 0.622. The molecule has 0 saturated carbocycles. The zero-order valence-electron chi connectivity index (χ0n) is 14.2. The molecule has 0 aliphatic heterocycles. The predicted molar refractivity (Wildman–Crippen MR) is 92.4 cm³/mol. The van der Waals surface area contributed by atoms with Gasteiger partial charge in [0.05, 0.1) is 12.6 Å². The van der Waals surface area contributed by atoms with Gasteiger partial charge >= 0.3 is 6.03 Å². The van der Waals surface area contributed by atoms with E-state index in [2.05, 4.69) is 16.0 Å². The summed E-state index contributed by atoms with van der Waals surface area (Å²) in [6.45, 7) is 7.59. The number of urea groups is 1. The topological polar surface area (TPSA) is 90.5 Å². The van der Waals surface area contributed by atoms with Crippen LogP contribution in [0, 0.1) is 11.8 Å². The third kappa shape index (κ3) is 7.15. The zero-order valence-corrected chi connectivity index (χ0v) is 14.2. The molecule has 0 radical (unpaired) electrons. The number of hydrogen-bond donors (Lipinski definition) is 4. The fourth-order valence-electron chi connectivity index (χ4n) is 2.06. The smallest absolute Gasteiger partial charge is 0.319 e. The Kier molecular flexibility index (Phi) is 7.54. The Morgan fingerprint density at radius 2 is 1.70 bits per heavy atom. The van der Waals surface area contributed by atoms with E-state index in [9.17, 15) is 14.7 Å². The second kappa shape index (κ2) is 9.15. The van der Waals surface area contributed by atoms with Crippen LogP contribution in [0.25, 0.3) is 0 Å². The second-order valence-electron chi connectivity index (χ2n) is 6.33. The van der Waals surface area contributed by atoms with Crippen LogP contribution >= 0.6 is 0 Å². The molecule has 0 aliphatic carbocycles. The predicted octanol–water partition coefficient (Wildman–Crippen LogP) is 2.81. The van der Waals surface area contributed by atoms with Crippen LogP contribution in [0.1, 0.15) is 34.1 Å². The van der Waals surface area contributed by atoms with E-state index in [0.717, 1.165) is 0 Å². The van der Waals surface area contributed by atoms with Gasteiger partial charge < -0.3 is 21.1 Å². The molecule has 6 nitrogen and oxygen atoms in total. The molecule has 4 N–H and O–H groups in total. The van der Waals surface area contributed by atoms with Crippen LogP contribution in [0.3, 0.4) is 0 Å². The molecule has 1 aromatic carbocycles. The van der Waals surface area contributed by atoms with Crippen LogP contribution in [0.2, 0.25) is 0 Å². The lowest BCUT2D eigenvalue weighted by atomic mass is 10.0. The number of carbonyl (C=O) groups is 2.